The van der Waals surface area contributed by atoms with Crippen LogP contribution in [0.1, 0.15) is 45.6 Å². The van der Waals surface area contributed by atoms with E-state index in [-0.39, 0.29) is 12.6 Å². The number of anilines is 1. The maximum absolute atomic E-state index is 11.9. The quantitative estimate of drug-likeness (QED) is 0.776. The molecule has 116 valence electrons. The number of carboxylic acids is 1. The van der Waals surface area contributed by atoms with Gasteiger partial charge in [0.2, 0.25) is 0 Å². The Labute approximate surface area is 123 Å². The summed E-state index contributed by atoms with van der Waals surface area (Å²) in [6.07, 6.45) is 6.35. The summed E-state index contributed by atoms with van der Waals surface area (Å²) >= 11 is 0. The van der Waals surface area contributed by atoms with Crippen LogP contribution in [0, 0.1) is 5.41 Å². The highest BCUT2D eigenvalue weighted by molar-refractivity contribution is 5.89. The van der Waals surface area contributed by atoms with E-state index < -0.39 is 17.4 Å². The van der Waals surface area contributed by atoms with Crippen LogP contribution in [0.2, 0.25) is 0 Å². The first-order valence-corrected chi connectivity index (χ1v) is 7.25. The van der Waals surface area contributed by atoms with Crippen LogP contribution in [0.4, 0.5) is 10.5 Å². The Morgan fingerprint density at radius 1 is 1.43 bits per heavy atom. The number of hydrogen-bond acceptors (Lipinski definition) is 3. The number of nitrogens with zero attached hydrogens (tertiary/aromatic N) is 2. The lowest BCUT2D eigenvalue weighted by atomic mass is 9.86. The third-order valence-electron chi connectivity index (χ3n) is 3.99. The molecule has 1 aliphatic carbocycles. The minimum atomic E-state index is -0.826. The van der Waals surface area contributed by atoms with Crippen LogP contribution in [0.25, 0.3) is 0 Å². The zero-order valence-corrected chi connectivity index (χ0v) is 12.4. The molecule has 1 fully saturated rings. The molecule has 1 aliphatic rings. The Morgan fingerprint density at radius 2 is 2.10 bits per heavy atom. The van der Waals surface area contributed by atoms with E-state index in [0.717, 1.165) is 12.8 Å². The fourth-order valence-electron chi connectivity index (χ4n) is 2.63. The monoisotopic (exact) mass is 294 g/mol. The van der Waals surface area contributed by atoms with Gasteiger partial charge in [-0.1, -0.05) is 12.8 Å². The van der Waals surface area contributed by atoms with Crippen molar-refractivity contribution >= 4 is 17.7 Å². The Bertz CT molecular complexity index is 518. The lowest BCUT2D eigenvalue weighted by molar-refractivity contribution is -0.148. The Hall–Kier alpha value is -2.05. The molecular weight excluding hydrogens is 272 g/mol. The van der Waals surface area contributed by atoms with Crippen molar-refractivity contribution in [3.8, 4) is 0 Å². The number of amides is 2. The topological polar surface area (TPSA) is 96.2 Å². The molecule has 0 unspecified atom stereocenters. The van der Waals surface area contributed by atoms with Crippen molar-refractivity contribution in [2.75, 3.05) is 11.9 Å². The molecule has 0 bridgehead atoms. The molecule has 7 heteroatoms. The third kappa shape index (κ3) is 3.53. The van der Waals surface area contributed by atoms with Gasteiger partial charge < -0.3 is 15.7 Å². The van der Waals surface area contributed by atoms with Crippen LogP contribution in [0.3, 0.4) is 0 Å². The molecule has 0 atom stereocenters. The molecule has 1 heterocycles. The van der Waals surface area contributed by atoms with E-state index in [1.54, 1.807) is 17.1 Å². The molecule has 1 saturated carbocycles. The fraction of sp³-hybridized carbons (Fsp3) is 0.643. The predicted octanol–water partition coefficient (Wildman–Crippen LogP) is 2.23. The van der Waals surface area contributed by atoms with Crippen LogP contribution in [-0.4, -0.2) is 33.4 Å². The molecular formula is C14H22N4O3. The fourth-order valence-corrected chi connectivity index (χ4v) is 2.63. The van der Waals surface area contributed by atoms with Crippen molar-refractivity contribution in [2.45, 2.75) is 45.6 Å². The van der Waals surface area contributed by atoms with Gasteiger partial charge in [0.15, 0.2) is 0 Å². The number of nitrogens with one attached hydrogen (secondary N) is 2. The van der Waals surface area contributed by atoms with Gasteiger partial charge in [0.05, 0.1) is 17.3 Å². The summed E-state index contributed by atoms with van der Waals surface area (Å²) in [4.78, 5) is 23.2. The van der Waals surface area contributed by atoms with Gasteiger partial charge in [-0.2, -0.15) is 5.10 Å². The Kier molecular flexibility index (Phi) is 4.50. The van der Waals surface area contributed by atoms with Crippen molar-refractivity contribution in [1.82, 2.24) is 15.1 Å². The average Bonchev–Trinajstić information content (AvgIpc) is 3.05. The molecule has 0 saturated heterocycles. The van der Waals surface area contributed by atoms with Gasteiger partial charge in [-0.3, -0.25) is 9.48 Å². The summed E-state index contributed by atoms with van der Waals surface area (Å²) in [6, 6.07) is -0.178. The van der Waals surface area contributed by atoms with Crippen molar-refractivity contribution in [3.05, 3.63) is 12.4 Å². The van der Waals surface area contributed by atoms with E-state index >= 15 is 0 Å². The molecule has 1 aromatic heterocycles. The highest BCUT2D eigenvalue weighted by Crippen LogP contribution is 2.37. The summed E-state index contributed by atoms with van der Waals surface area (Å²) in [6.45, 7) is 4.15. The smallest absolute Gasteiger partial charge is 0.319 e. The molecule has 7 nitrogen and oxygen atoms in total. The zero-order valence-electron chi connectivity index (χ0n) is 12.4. The highest BCUT2D eigenvalue weighted by Gasteiger charge is 2.41. The minimum absolute atomic E-state index is 0.159. The molecule has 2 rings (SSSR count). The number of aromatic nitrogens is 2. The van der Waals surface area contributed by atoms with Crippen LogP contribution < -0.4 is 10.6 Å². The van der Waals surface area contributed by atoms with Gasteiger partial charge >= 0.3 is 12.0 Å². The SMILES string of the molecule is CC(C)n1cc(NC(=O)NCC2(C(=O)O)CCCC2)cn1. The van der Waals surface area contributed by atoms with Gasteiger partial charge in [-0.05, 0) is 26.7 Å². The maximum Gasteiger partial charge on any atom is 0.319 e. The standard InChI is InChI=1S/C14H22N4O3/c1-10(2)18-8-11(7-16-18)17-13(21)15-9-14(12(19)20)5-3-4-6-14/h7-8,10H,3-6,9H2,1-2H3,(H,19,20)(H2,15,17,21). The third-order valence-corrected chi connectivity index (χ3v) is 3.99. The van der Waals surface area contributed by atoms with E-state index in [1.165, 1.54) is 0 Å². The minimum Gasteiger partial charge on any atom is -0.481 e. The summed E-state index contributed by atoms with van der Waals surface area (Å²) in [5.41, 5.74) is -0.212. The summed E-state index contributed by atoms with van der Waals surface area (Å²) in [5, 5.41) is 18.8. The van der Waals surface area contributed by atoms with Crippen LogP contribution in [0.15, 0.2) is 12.4 Å². The van der Waals surface area contributed by atoms with Crippen LogP contribution in [-0.2, 0) is 4.79 Å². The number of rotatable bonds is 5. The van der Waals surface area contributed by atoms with Gasteiger partial charge in [-0.15, -0.1) is 0 Å². The first kappa shape index (κ1) is 15.3. The normalized spacial score (nSPS) is 16.9. The van der Waals surface area contributed by atoms with Crippen molar-refractivity contribution in [1.29, 1.82) is 0 Å². The average molecular weight is 294 g/mol. The number of carboxylic acid groups (broad SMARTS) is 1. The molecule has 21 heavy (non-hydrogen) atoms. The van der Waals surface area contributed by atoms with E-state index in [1.807, 2.05) is 13.8 Å². The predicted molar refractivity (Wildman–Crippen MR) is 78.2 cm³/mol. The summed E-state index contributed by atoms with van der Waals surface area (Å²) < 4.78 is 1.74. The largest absolute Gasteiger partial charge is 0.481 e. The second-order valence-electron chi connectivity index (χ2n) is 5.90. The first-order valence-electron chi connectivity index (χ1n) is 7.25. The van der Waals surface area contributed by atoms with Gasteiger partial charge in [-0.25, -0.2) is 4.79 Å². The second-order valence-corrected chi connectivity index (χ2v) is 5.90. The molecule has 0 aliphatic heterocycles. The lowest BCUT2D eigenvalue weighted by Crippen LogP contribution is -2.42. The molecule has 0 spiro atoms. The number of urea groups is 1. The van der Waals surface area contributed by atoms with Crippen molar-refractivity contribution in [2.24, 2.45) is 5.41 Å². The van der Waals surface area contributed by atoms with E-state index in [0.29, 0.717) is 18.5 Å². The van der Waals surface area contributed by atoms with E-state index in [9.17, 15) is 14.7 Å². The van der Waals surface area contributed by atoms with E-state index in [4.69, 9.17) is 0 Å². The van der Waals surface area contributed by atoms with E-state index in [2.05, 4.69) is 15.7 Å². The van der Waals surface area contributed by atoms with Gasteiger partial charge in [0, 0.05) is 18.8 Å². The number of hydrogen-bond donors (Lipinski definition) is 3. The molecule has 3 N–H and O–H groups in total. The lowest BCUT2D eigenvalue weighted by Gasteiger charge is -2.23. The zero-order chi connectivity index (χ0) is 15.5. The number of carbonyl (C=O) groups excluding carboxylic acids is 1. The first-order chi connectivity index (χ1) is 9.93. The second kappa shape index (κ2) is 6.15. The molecule has 1 aromatic rings. The van der Waals surface area contributed by atoms with Gasteiger partial charge in [0.1, 0.15) is 0 Å². The summed E-state index contributed by atoms with van der Waals surface area (Å²) in [5.74, 6) is -0.826. The number of carbonyl (C=O) groups is 2. The molecule has 0 aromatic carbocycles. The molecule has 2 amide bonds. The highest BCUT2D eigenvalue weighted by atomic mass is 16.4. The van der Waals surface area contributed by atoms with Crippen LogP contribution >= 0.6 is 0 Å². The van der Waals surface area contributed by atoms with Crippen molar-refractivity contribution < 1.29 is 14.7 Å². The van der Waals surface area contributed by atoms with Crippen LogP contribution in [0.5, 0.6) is 0 Å². The Balaban J connectivity index is 1.88. The van der Waals surface area contributed by atoms with Gasteiger partial charge in [0.25, 0.3) is 0 Å². The Morgan fingerprint density at radius 3 is 2.62 bits per heavy atom. The maximum atomic E-state index is 11.9. The number of aliphatic carboxylic acids is 1. The summed E-state index contributed by atoms with van der Waals surface area (Å²) in [7, 11) is 0. The molecule has 0 radical (unpaired) electrons. The van der Waals surface area contributed by atoms with Crippen molar-refractivity contribution in [3.63, 3.8) is 0 Å².